The van der Waals surface area contributed by atoms with E-state index in [1.807, 2.05) is 0 Å². The second kappa shape index (κ2) is 8.33. The Hall–Kier alpha value is -3.38. The largest absolute Gasteiger partial charge is 0.459 e. The predicted molar refractivity (Wildman–Crippen MR) is 99.2 cm³/mol. The highest BCUT2D eigenvalue weighted by Crippen LogP contribution is 2.19. The maximum Gasteiger partial charge on any atom is 0.340 e. The van der Waals surface area contributed by atoms with Crippen molar-refractivity contribution in [3.05, 3.63) is 88.8 Å². The van der Waals surface area contributed by atoms with Crippen molar-refractivity contribution in [2.45, 2.75) is 0 Å². The molecule has 0 bridgehead atoms. The Morgan fingerprint density at radius 2 is 1.63 bits per heavy atom. The van der Waals surface area contributed by atoms with Gasteiger partial charge in [-0.1, -0.05) is 35.9 Å². The predicted octanol–water partition coefficient (Wildman–Crippen LogP) is 4.23. The molecular weight excluding hydrogens is 370 g/mol. The lowest BCUT2D eigenvalue weighted by Crippen LogP contribution is -2.18. The third-order valence-corrected chi connectivity index (χ3v) is 3.98. The van der Waals surface area contributed by atoms with Crippen molar-refractivity contribution < 1.29 is 23.5 Å². The molecule has 0 atom stereocenters. The van der Waals surface area contributed by atoms with Crippen LogP contribution in [0, 0.1) is 0 Å². The molecule has 0 aliphatic rings. The first-order chi connectivity index (χ1) is 13.1. The number of ether oxygens (including phenoxy) is 1. The standard InChI is InChI=1S/C20H14ClNO5/c21-15-8-3-1-6-13(15)17(23)12-27-20(25)14-7-2-4-9-16(14)22-19(24)18-10-5-11-26-18/h1-11H,12H2,(H,22,24). The van der Waals surface area contributed by atoms with Gasteiger partial charge >= 0.3 is 5.97 Å². The summed E-state index contributed by atoms with van der Waals surface area (Å²) >= 11 is 5.97. The van der Waals surface area contributed by atoms with Gasteiger partial charge in [0.05, 0.1) is 22.5 Å². The molecule has 0 aliphatic heterocycles. The summed E-state index contributed by atoms with van der Waals surface area (Å²) in [4.78, 5) is 36.7. The van der Waals surface area contributed by atoms with Crippen LogP contribution in [0.15, 0.2) is 71.3 Å². The van der Waals surface area contributed by atoms with Crippen LogP contribution in [0.1, 0.15) is 31.3 Å². The van der Waals surface area contributed by atoms with Crippen LogP contribution < -0.4 is 5.32 Å². The van der Waals surface area contributed by atoms with E-state index in [9.17, 15) is 14.4 Å². The van der Waals surface area contributed by atoms with Crippen LogP contribution in [-0.2, 0) is 4.74 Å². The van der Waals surface area contributed by atoms with Gasteiger partial charge in [-0.3, -0.25) is 9.59 Å². The van der Waals surface area contributed by atoms with Gasteiger partial charge in [0.15, 0.2) is 12.4 Å². The summed E-state index contributed by atoms with van der Waals surface area (Å²) in [5.41, 5.74) is 0.629. The lowest BCUT2D eigenvalue weighted by atomic mass is 10.1. The number of Topliss-reactive ketones (excluding diaryl/α,β-unsaturated/α-hetero) is 1. The van der Waals surface area contributed by atoms with E-state index in [4.69, 9.17) is 20.8 Å². The van der Waals surface area contributed by atoms with E-state index in [1.54, 1.807) is 48.5 Å². The normalized spacial score (nSPS) is 10.3. The Labute approximate surface area is 159 Å². The van der Waals surface area contributed by atoms with E-state index in [0.717, 1.165) is 0 Å². The summed E-state index contributed by atoms with van der Waals surface area (Å²) in [6.45, 7) is -0.469. The highest BCUT2D eigenvalue weighted by molar-refractivity contribution is 6.34. The van der Waals surface area contributed by atoms with Crippen LogP contribution in [0.2, 0.25) is 5.02 Å². The zero-order chi connectivity index (χ0) is 19.2. The number of amides is 1. The molecule has 0 spiro atoms. The van der Waals surface area contributed by atoms with Crippen molar-refractivity contribution in [1.82, 2.24) is 0 Å². The third-order valence-electron chi connectivity index (χ3n) is 3.65. The van der Waals surface area contributed by atoms with E-state index in [0.29, 0.717) is 0 Å². The average Bonchev–Trinajstić information content (AvgIpc) is 3.21. The molecule has 1 aromatic heterocycles. The molecule has 1 heterocycles. The smallest absolute Gasteiger partial charge is 0.340 e. The number of hydrogen-bond acceptors (Lipinski definition) is 5. The molecule has 0 radical (unpaired) electrons. The van der Waals surface area contributed by atoms with Gasteiger partial charge in [0.25, 0.3) is 5.91 Å². The first kappa shape index (κ1) is 18.4. The van der Waals surface area contributed by atoms with E-state index < -0.39 is 24.3 Å². The van der Waals surface area contributed by atoms with Crippen LogP contribution in [0.5, 0.6) is 0 Å². The number of rotatable bonds is 6. The topological polar surface area (TPSA) is 85.6 Å². The minimum absolute atomic E-state index is 0.104. The molecule has 1 amide bonds. The Balaban J connectivity index is 1.69. The highest BCUT2D eigenvalue weighted by atomic mass is 35.5. The fourth-order valence-electron chi connectivity index (χ4n) is 2.34. The van der Waals surface area contributed by atoms with Gasteiger partial charge in [-0.2, -0.15) is 0 Å². The van der Waals surface area contributed by atoms with Crippen molar-refractivity contribution in [3.63, 3.8) is 0 Å². The number of halogens is 1. The maximum atomic E-state index is 12.4. The van der Waals surface area contributed by atoms with Crippen molar-refractivity contribution >= 4 is 34.9 Å². The molecule has 0 fully saturated rings. The number of para-hydroxylation sites is 1. The summed E-state index contributed by atoms with van der Waals surface area (Å²) in [7, 11) is 0. The number of carbonyl (C=O) groups is 3. The van der Waals surface area contributed by atoms with E-state index in [1.165, 1.54) is 18.4 Å². The number of hydrogen-bond donors (Lipinski definition) is 1. The molecule has 1 N–H and O–H groups in total. The number of nitrogens with one attached hydrogen (secondary N) is 1. The second-order valence-electron chi connectivity index (χ2n) is 5.46. The number of anilines is 1. The fourth-order valence-corrected chi connectivity index (χ4v) is 2.58. The number of carbonyl (C=O) groups excluding carboxylic acids is 3. The first-order valence-corrected chi connectivity index (χ1v) is 8.33. The summed E-state index contributed by atoms with van der Waals surface area (Å²) in [6.07, 6.45) is 1.37. The van der Waals surface area contributed by atoms with E-state index in [-0.39, 0.29) is 27.6 Å². The summed E-state index contributed by atoms with van der Waals surface area (Å²) in [5.74, 6) is -1.57. The minimum Gasteiger partial charge on any atom is -0.459 e. The summed E-state index contributed by atoms with van der Waals surface area (Å²) in [5, 5.41) is 2.86. The van der Waals surface area contributed by atoms with Gasteiger partial charge in [0.2, 0.25) is 5.78 Å². The van der Waals surface area contributed by atoms with Gasteiger partial charge < -0.3 is 14.5 Å². The van der Waals surface area contributed by atoms with Crippen LogP contribution in [0.25, 0.3) is 0 Å². The van der Waals surface area contributed by atoms with Crippen molar-refractivity contribution in [2.75, 3.05) is 11.9 Å². The lowest BCUT2D eigenvalue weighted by Gasteiger charge is -2.10. The number of benzene rings is 2. The first-order valence-electron chi connectivity index (χ1n) is 7.95. The van der Waals surface area contributed by atoms with Gasteiger partial charge in [0.1, 0.15) is 0 Å². The quantitative estimate of drug-likeness (QED) is 0.508. The monoisotopic (exact) mass is 383 g/mol. The van der Waals surface area contributed by atoms with E-state index in [2.05, 4.69) is 5.32 Å². The molecule has 6 nitrogen and oxygen atoms in total. The molecule has 3 rings (SSSR count). The molecule has 0 unspecified atom stereocenters. The summed E-state index contributed by atoms with van der Waals surface area (Å²) < 4.78 is 10.1. The Morgan fingerprint density at radius 3 is 2.33 bits per heavy atom. The number of furan rings is 1. The number of esters is 1. The molecular formula is C20H14ClNO5. The number of ketones is 1. The molecule has 3 aromatic rings. The zero-order valence-corrected chi connectivity index (χ0v) is 14.7. The van der Waals surface area contributed by atoms with Crippen molar-refractivity contribution in [2.24, 2.45) is 0 Å². The molecule has 136 valence electrons. The zero-order valence-electron chi connectivity index (χ0n) is 14.0. The Morgan fingerprint density at radius 1 is 0.926 bits per heavy atom. The Bertz CT molecular complexity index is 982. The molecule has 0 saturated heterocycles. The van der Waals surface area contributed by atoms with Crippen molar-refractivity contribution in [1.29, 1.82) is 0 Å². The molecule has 0 aliphatic carbocycles. The van der Waals surface area contributed by atoms with Gasteiger partial charge in [-0.25, -0.2) is 4.79 Å². The molecule has 7 heteroatoms. The van der Waals surface area contributed by atoms with Crippen molar-refractivity contribution in [3.8, 4) is 0 Å². The Kier molecular flexibility index (Phi) is 5.68. The molecule has 0 saturated carbocycles. The maximum absolute atomic E-state index is 12.4. The third kappa shape index (κ3) is 4.43. The highest BCUT2D eigenvalue weighted by Gasteiger charge is 2.18. The van der Waals surface area contributed by atoms with E-state index >= 15 is 0 Å². The molecule has 2 aromatic carbocycles. The summed E-state index contributed by atoms with van der Waals surface area (Å²) in [6, 6.07) is 15.9. The van der Waals surface area contributed by atoms with Crippen LogP contribution in [0.3, 0.4) is 0 Å². The van der Waals surface area contributed by atoms with Crippen LogP contribution >= 0.6 is 11.6 Å². The molecule has 27 heavy (non-hydrogen) atoms. The fraction of sp³-hybridized carbons (Fsp3) is 0.0500. The van der Waals surface area contributed by atoms with Crippen LogP contribution in [-0.4, -0.2) is 24.3 Å². The lowest BCUT2D eigenvalue weighted by molar-refractivity contribution is 0.0475. The van der Waals surface area contributed by atoms with Gasteiger partial charge in [-0.15, -0.1) is 0 Å². The second-order valence-corrected chi connectivity index (χ2v) is 5.86. The average molecular weight is 384 g/mol. The van der Waals surface area contributed by atoms with Gasteiger partial charge in [-0.05, 0) is 36.4 Å². The minimum atomic E-state index is -0.745. The van der Waals surface area contributed by atoms with Crippen LogP contribution in [0.4, 0.5) is 5.69 Å². The SMILES string of the molecule is O=C(Nc1ccccc1C(=O)OCC(=O)c1ccccc1Cl)c1ccco1. The van der Waals surface area contributed by atoms with Gasteiger partial charge in [0, 0.05) is 5.56 Å².